The Morgan fingerprint density at radius 3 is 2.14 bits per heavy atom. The molecule has 0 bridgehead atoms. The van der Waals surface area contributed by atoms with Gasteiger partial charge in [0.05, 0.1) is 18.8 Å². The first-order valence-corrected chi connectivity index (χ1v) is 12.1. The van der Waals surface area contributed by atoms with Crippen molar-refractivity contribution in [1.82, 2.24) is 0 Å². The van der Waals surface area contributed by atoms with Gasteiger partial charge in [-0.3, -0.25) is 4.79 Å². The Hall–Kier alpha value is -3.17. The first kappa shape index (κ1) is 24.9. The van der Waals surface area contributed by atoms with Gasteiger partial charge in [-0.25, -0.2) is 4.79 Å². The number of esters is 1. The van der Waals surface area contributed by atoms with Crippen LogP contribution in [0.1, 0.15) is 15.9 Å². The molecule has 0 unspecified atom stereocenters. The third-order valence-corrected chi connectivity index (χ3v) is 6.67. The molecule has 1 aliphatic rings. The highest BCUT2D eigenvalue weighted by atomic mass is 32.2. The van der Waals surface area contributed by atoms with E-state index in [0.717, 1.165) is 10.5 Å². The van der Waals surface area contributed by atoms with Gasteiger partial charge in [-0.05, 0) is 29.8 Å². The van der Waals surface area contributed by atoms with Gasteiger partial charge in [-0.2, -0.15) is 0 Å². The zero-order valence-corrected chi connectivity index (χ0v) is 19.7. The van der Waals surface area contributed by atoms with Crippen molar-refractivity contribution >= 4 is 24.2 Å². The minimum Gasteiger partial charge on any atom is -0.458 e. The van der Waals surface area contributed by atoms with Crippen LogP contribution in [0.25, 0.3) is 0 Å². The highest BCUT2D eigenvalue weighted by Crippen LogP contribution is 2.37. The summed E-state index contributed by atoms with van der Waals surface area (Å²) in [7, 11) is 0. The Balaban J connectivity index is 1.62. The largest absolute Gasteiger partial charge is 0.458 e. The van der Waals surface area contributed by atoms with Crippen LogP contribution in [0.2, 0.25) is 0 Å². The summed E-state index contributed by atoms with van der Waals surface area (Å²) in [6.07, 6.45) is -3.80. The molecule has 0 amide bonds. The maximum Gasteiger partial charge on any atom is 0.338 e. The summed E-state index contributed by atoms with van der Waals surface area (Å²) in [6, 6.07) is 27.6. The molecule has 1 aliphatic heterocycles. The molecule has 0 radical (unpaired) electrons. The van der Waals surface area contributed by atoms with E-state index >= 15 is 0 Å². The monoisotopic (exact) mass is 494 g/mol. The molecule has 0 saturated carbocycles. The number of hydrogen-bond acceptors (Lipinski definition) is 8. The molecule has 4 rings (SSSR count). The van der Waals surface area contributed by atoms with Crippen LogP contribution in [0.15, 0.2) is 95.9 Å². The first-order chi connectivity index (χ1) is 17.2. The number of benzene rings is 3. The van der Waals surface area contributed by atoms with Crippen LogP contribution >= 0.6 is 11.8 Å². The van der Waals surface area contributed by atoms with Crippen molar-refractivity contribution in [3.8, 4) is 0 Å². The zero-order chi connectivity index (χ0) is 24.5. The van der Waals surface area contributed by atoms with Crippen molar-refractivity contribution in [2.45, 2.75) is 41.4 Å². The molecule has 1 heterocycles. The Morgan fingerprint density at radius 2 is 1.51 bits per heavy atom. The SMILES string of the molecule is O=CO[C@@H]1[C@@H](OCc2ccccc2)[C@@H](Sc2ccccc2)O[C@H](CO)[C@H]1OC(=O)c1ccccc1. The smallest absolute Gasteiger partial charge is 0.338 e. The lowest BCUT2D eigenvalue weighted by molar-refractivity contribution is -0.227. The topological polar surface area (TPSA) is 91.3 Å². The molecule has 5 atom stereocenters. The number of hydrogen-bond donors (Lipinski definition) is 1. The second kappa shape index (κ2) is 12.5. The molecule has 7 nitrogen and oxygen atoms in total. The van der Waals surface area contributed by atoms with E-state index in [-0.39, 0.29) is 6.61 Å². The summed E-state index contributed by atoms with van der Waals surface area (Å²) in [6.45, 7) is 0.0855. The molecule has 0 aliphatic carbocycles. The lowest BCUT2D eigenvalue weighted by Crippen LogP contribution is -2.60. The van der Waals surface area contributed by atoms with E-state index in [4.69, 9.17) is 18.9 Å². The highest BCUT2D eigenvalue weighted by Gasteiger charge is 2.50. The van der Waals surface area contributed by atoms with E-state index < -0.39 is 42.4 Å². The average Bonchev–Trinajstić information content (AvgIpc) is 2.91. The van der Waals surface area contributed by atoms with Crippen LogP contribution in [0, 0.1) is 0 Å². The van der Waals surface area contributed by atoms with Gasteiger partial charge < -0.3 is 24.1 Å². The van der Waals surface area contributed by atoms with E-state index in [1.807, 2.05) is 60.7 Å². The second-order valence-electron chi connectivity index (χ2n) is 7.85. The molecule has 3 aromatic rings. The fourth-order valence-corrected chi connectivity index (χ4v) is 4.97. The van der Waals surface area contributed by atoms with Crippen molar-refractivity contribution in [1.29, 1.82) is 0 Å². The highest BCUT2D eigenvalue weighted by molar-refractivity contribution is 7.99. The first-order valence-electron chi connectivity index (χ1n) is 11.2. The molecule has 1 fully saturated rings. The number of aliphatic hydroxyl groups is 1. The number of aliphatic hydroxyl groups excluding tert-OH is 1. The molecule has 1 saturated heterocycles. The Labute approximate surface area is 208 Å². The third kappa shape index (κ3) is 6.49. The molecule has 0 spiro atoms. The minimum absolute atomic E-state index is 0.225. The van der Waals surface area contributed by atoms with Crippen LogP contribution in [-0.2, 0) is 30.3 Å². The van der Waals surface area contributed by atoms with Gasteiger partial charge in [0.25, 0.3) is 6.47 Å². The van der Waals surface area contributed by atoms with Gasteiger partial charge in [0, 0.05) is 4.90 Å². The Bertz CT molecular complexity index is 1060. The van der Waals surface area contributed by atoms with Gasteiger partial charge in [-0.15, -0.1) is 0 Å². The number of carbonyl (C=O) groups is 2. The van der Waals surface area contributed by atoms with E-state index in [1.165, 1.54) is 11.8 Å². The molecule has 35 heavy (non-hydrogen) atoms. The molecule has 1 N–H and O–H groups in total. The average molecular weight is 495 g/mol. The van der Waals surface area contributed by atoms with Crippen LogP contribution < -0.4 is 0 Å². The van der Waals surface area contributed by atoms with Crippen LogP contribution in [0.4, 0.5) is 0 Å². The van der Waals surface area contributed by atoms with Gasteiger partial charge in [0.15, 0.2) is 12.2 Å². The summed E-state index contributed by atoms with van der Waals surface area (Å²) >= 11 is 1.38. The second-order valence-corrected chi connectivity index (χ2v) is 9.02. The quantitative estimate of drug-likeness (QED) is 0.336. The molecule has 0 aromatic heterocycles. The lowest BCUT2D eigenvalue weighted by atomic mass is 9.99. The molecule has 8 heteroatoms. The summed E-state index contributed by atoms with van der Waals surface area (Å²) in [5, 5.41) is 10.1. The van der Waals surface area contributed by atoms with Crippen molar-refractivity contribution in [2.75, 3.05) is 6.61 Å². The fourth-order valence-electron chi connectivity index (χ4n) is 3.82. The van der Waals surface area contributed by atoms with Crippen molar-refractivity contribution in [3.63, 3.8) is 0 Å². The normalized spacial score (nSPS) is 23.9. The summed E-state index contributed by atoms with van der Waals surface area (Å²) in [5.74, 6) is -0.617. The van der Waals surface area contributed by atoms with Gasteiger partial charge >= 0.3 is 5.97 Å². The minimum atomic E-state index is -1.08. The van der Waals surface area contributed by atoms with Gasteiger partial charge in [0.2, 0.25) is 0 Å². The number of ether oxygens (including phenoxy) is 4. The van der Waals surface area contributed by atoms with Crippen molar-refractivity contribution in [3.05, 3.63) is 102 Å². The Kier molecular flexibility index (Phi) is 8.91. The third-order valence-electron chi connectivity index (χ3n) is 5.52. The maximum atomic E-state index is 12.8. The molecular formula is C27H26O7S. The lowest BCUT2D eigenvalue weighted by Gasteiger charge is -2.44. The fraction of sp³-hybridized carbons (Fsp3) is 0.259. The van der Waals surface area contributed by atoms with Crippen LogP contribution in [-0.4, -0.2) is 54.0 Å². The van der Waals surface area contributed by atoms with Crippen LogP contribution in [0.5, 0.6) is 0 Å². The summed E-state index contributed by atoms with van der Waals surface area (Å²) in [4.78, 5) is 25.3. The zero-order valence-electron chi connectivity index (χ0n) is 18.8. The van der Waals surface area contributed by atoms with E-state index in [9.17, 15) is 14.7 Å². The van der Waals surface area contributed by atoms with E-state index in [2.05, 4.69) is 0 Å². The maximum absolute atomic E-state index is 12.8. The van der Waals surface area contributed by atoms with Crippen LogP contribution in [0.3, 0.4) is 0 Å². The number of carbonyl (C=O) groups excluding carboxylic acids is 2. The molecule has 3 aromatic carbocycles. The van der Waals surface area contributed by atoms with Crippen molar-refractivity contribution < 1.29 is 33.6 Å². The van der Waals surface area contributed by atoms with Crippen molar-refractivity contribution in [2.24, 2.45) is 0 Å². The molecule has 182 valence electrons. The summed E-state index contributed by atoms with van der Waals surface area (Å²) in [5.41, 5.74) is 0.606. The predicted octanol–water partition coefficient (Wildman–Crippen LogP) is 3.85. The van der Waals surface area contributed by atoms with E-state index in [0.29, 0.717) is 12.0 Å². The number of rotatable bonds is 10. The van der Waals surface area contributed by atoms with Gasteiger partial charge in [0.1, 0.15) is 17.6 Å². The number of thioether (sulfide) groups is 1. The predicted molar refractivity (Wildman–Crippen MR) is 130 cm³/mol. The van der Waals surface area contributed by atoms with Gasteiger partial charge in [-0.1, -0.05) is 78.5 Å². The molecular weight excluding hydrogens is 468 g/mol. The summed E-state index contributed by atoms with van der Waals surface area (Å²) < 4.78 is 23.6. The van der Waals surface area contributed by atoms with E-state index in [1.54, 1.807) is 30.3 Å². The standard InChI is InChI=1S/C27H26O7S/c28-16-22-23(34-26(30)20-12-6-2-7-13-20)24(32-18-29)25(31-17-19-10-4-1-5-11-19)27(33-22)35-21-14-8-3-9-15-21/h1-15,18,22-25,27-28H,16-17H2/t22-,23-,24+,25-,27-/m1/s1. The Morgan fingerprint density at radius 1 is 0.886 bits per heavy atom.